The average Bonchev–Trinajstić information content (AvgIpc) is 2.63. The van der Waals surface area contributed by atoms with Crippen LogP contribution in [0.15, 0.2) is 47.1 Å². The third-order valence-electron chi connectivity index (χ3n) is 4.24. The molecule has 3 rings (SSSR count). The number of pyridine rings is 1. The Balaban J connectivity index is 1.71. The smallest absolute Gasteiger partial charge is 0.272 e. The minimum atomic E-state index is 0.00142. The lowest BCUT2D eigenvalue weighted by Crippen LogP contribution is -2.48. The van der Waals surface area contributed by atoms with Crippen molar-refractivity contribution in [3.8, 4) is 0 Å². The normalized spacial score (nSPS) is 15.3. The molecule has 0 atom stereocenters. The molecule has 0 spiro atoms. The van der Waals surface area contributed by atoms with Crippen LogP contribution in [0.5, 0.6) is 0 Å². The van der Waals surface area contributed by atoms with Gasteiger partial charge in [-0.1, -0.05) is 19.1 Å². The summed E-state index contributed by atoms with van der Waals surface area (Å²) < 4.78 is 0.977. The molecule has 0 saturated carbocycles. The van der Waals surface area contributed by atoms with Gasteiger partial charge in [0.25, 0.3) is 5.91 Å². The van der Waals surface area contributed by atoms with E-state index in [1.165, 1.54) is 0 Å². The first-order chi connectivity index (χ1) is 11.7. The SMILES string of the molecule is CCN1CCN(C(=O)c2cc(Nc3ccccc3Br)ccn2)CC1. The van der Waals surface area contributed by atoms with Crippen LogP contribution < -0.4 is 5.32 Å². The van der Waals surface area contributed by atoms with Crippen LogP contribution in [-0.4, -0.2) is 53.4 Å². The van der Waals surface area contributed by atoms with E-state index >= 15 is 0 Å². The van der Waals surface area contributed by atoms with Crippen molar-refractivity contribution in [3.63, 3.8) is 0 Å². The zero-order valence-electron chi connectivity index (χ0n) is 13.7. The zero-order chi connectivity index (χ0) is 16.9. The first-order valence-electron chi connectivity index (χ1n) is 8.16. The number of carbonyl (C=O) groups is 1. The number of hydrogen-bond donors (Lipinski definition) is 1. The maximum Gasteiger partial charge on any atom is 0.272 e. The number of rotatable bonds is 4. The van der Waals surface area contributed by atoms with Crippen LogP contribution in [-0.2, 0) is 0 Å². The summed E-state index contributed by atoms with van der Waals surface area (Å²) in [6.07, 6.45) is 1.68. The van der Waals surface area contributed by atoms with Crippen LogP contribution in [0.3, 0.4) is 0 Å². The van der Waals surface area contributed by atoms with Gasteiger partial charge in [-0.05, 0) is 46.7 Å². The minimum Gasteiger partial charge on any atom is -0.354 e. The molecule has 0 bridgehead atoms. The molecule has 1 aromatic carbocycles. The Labute approximate surface area is 150 Å². The van der Waals surface area contributed by atoms with Crippen LogP contribution in [0, 0.1) is 0 Å². The largest absolute Gasteiger partial charge is 0.354 e. The topological polar surface area (TPSA) is 48.5 Å². The molecule has 1 amide bonds. The van der Waals surface area contributed by atoms with E-state index in [2.05, 4.69) is 38.1 Å². The van der Waals surface area contributed by atoms with Gasteiger partial charge in [-0.2, -0.15) is 0 Å². The number of nitrogens with zero attached hydrogens (tertiary/aromatic N) is 3. The third kappa shape index (κ3) is 3.94. The van der Waals surface area contributed by atoms with Gasteiger partial charge in [0.05, 0.1) is 5.69 Å². The molecule has 126 valence electrons. The molecule has 1 fully saturated rings. The van der Waals surface area contributed by atoms with Crippen LogP contribution >= 0.6 is 15.9 Å². The molecule has 1 aliphatic heterocycles. The summed E-state index contributed by atoms with van der Waals surface area (Å²) in [6.45, 7) is 6.56. The zero-order valence-corrected chi connectivity index (χ0v) is 15.3. The molecule has 0 radical (unpaired) electrons. The molecule has 2 heterocycles. The highest BCUT2D eigenvalue weighted by Crippen LogP contribution is 2.25. The molecule has 24 heavy (non-hydrogen) atoms. The fraction of sp³-hybridized carbons (Fsp3) is 0.333. The Hall–Kier alpha value is -1.92. The molecule has 1 aliphatic rings. The van der Waals surface area contributed by atoms with Crippen molar-refractivity contribution in [2.45, 2.75) is 6.92 Å². The highest BCUT2D eigenvalue weighted by Gasteiger charge is 2.22. The maximum atomic E-state index is 12.7. The molecule has 0 aliphatic carbocycles. The predicted molar refractivity (Wildman–Crippen MR) is 99.7 cm³/mol. The van der Waals surface area contributed by atoms with Crippen molar-refractivity contribution in [1.82, 2.24) is 14.8 Å². The predicted octanol–water partition coefficient (Wildman–Crippen LogP) is 3.37. The van der Waals surface area contributed by atoms with E-state index in [-0.39, 0.29) is 5.91 Å². The lowest BCUT2D eigenvalue weighted by atomic mass is 10.2. The highest BCUT2D eigenvalue weighted by molar-refractivity contribution is 9.10. The first-order valence-corrected chi connectivity index (χ1v) is 8.96. The summed E-state index contributed by atoms with van der Waals surface area (Å²) >= 11 is 3.52. The van der Waals surface area contributed by atoms with E-state index in [1.807, 2.05) is 41.3 Å². The van der Waals surface area contributed by atoms with E-state index in [0.29, 0.717) is 5.69 Å². The van der Waals surface area contributed by atoms with Gasteiger partial charge in [0.2, 0.25) is 0 Å². The summed E-state index contributed by atoms with van der Waals surface area (Å²) in [7, 11) is 0. The van der Waals surface area contributed by atoms with E-state index in [0.717, 1.165) is 48.6 Å². The van der Waals surface area contributed by atoms with Crippen LogP contribution in [0.25, 0.3) is 0 Å². The molecule has 1 saturated heterocycles. The van der Waals surface area contributed by atoms with Crippen molar-refractivity contribution < 1.29 is 4.79 Å². The molecule has 2 aromatic rings. The van der Waals surface area contributed by atoms with Gasteiger partial charge < -0.3 is 15.1 Å². The number of piperazine rings is 1. The Morgan fingerprint density at radius 2 is 1.96 bits per heavy atom. The molecular weight excluding hydrogens is 368 g/mol. The Morgan fingerprint density at radius 3 is 2.67 bits per heavy atom. The second-order valence-corrected chi connectivity index (χ2v) is 6.62. The van der Waals surface area contributed by atoms with Crippen molar-refractivity contribution >= 4 is 33.2 Å². The summed E-state index contributed by atoms with van der Waals surface area (Å²) in [6, 6.07) is 11.6. The van der Waals surface area contributed by atoms with Gasteiger partial charge in [0, 0.05) is 42.5 Å². The maximum absolute atomic E-state index is 12.7. The van der Waals surface area contributed by atoms with E-state index in [9.17, 15) is 4.79 Å². The molecule has 5 nitrogen and oxygen atoms in total. The molecular formula is C18H21BrN4O. The quantitative estimate of drug-likeness (QED) is 0.871. The number of benzene rings is 1. The Kier molecular flexibility index (Phi) is 5.48. The van der Waals surface area contributed by atoms with Crippen LogP contribution in [0.1, 0.15) is 17.4 Å². The number of nitrogens with one attached hydrogen (secondary N) is 1. The number of hydrogen-bond acceptors (Lipinski definition) is 4. The van der Waals surface area contributed by atoms with Gasteiger partial charge in [0.1, 0.15) is 5.69 Å². The van der Waals surface area contributed by atoms with Crippen molar-refractivity contribution in [2.24, 2.45) is 0 Å². The van der Waals surface area contributed by atoms with Crippen molar-refractivity contribution in [1.29, 1.82) is 0 Å². The Bertz CT molecular complexity index is 714. The Morgan fingerprint density at radius 1 is 1.21 bits per heavy atom. The van der Waals surface area contributed by atoms with Gasteiger partial charge in [-0.15, -0.1) is 0 Å². The van der Waals surface area contributed by atoms with Crippen LogP contribution in [0.2, 0.25) is 0 Å². The number of likely N-dealkylation sites (N-methyl/N-ethyl adjacent to an activating group) is 1. The van der Waals surface area contributed by atoms with E-state index in [4.69, 9.17) is 0 Å². The number of aromatic nitrogens is 1. The summed E-state index contributed by atoms with van der Waals surface area (Å²) in [5.41, 5.74) is 2.29. The first kappa shape index (κ1) is 16.9. The second kappa shape index (κ2) is 7.77. The summed E-state index contributed by atoms with van der Waals surface area (Å²) in [5, 5.41) is 3.32. The average molecular weight is 389 g/mol. The number of carbonyl (C=O) groups excluding carboxylic acids is 1. The standard InChI is InChI=1S/C18H21BrN4O/c1-2-22-9-11-23(12-10-22)18(24)17-13-14(7-8-20-17)21-16-6-4-3-5-15(16)19/h3-8,13H,2,9-12H2,1H3,(H,20,21). The van der Waals surface area contributed by atoms with Gasteiger partial charge in [-0.25, -0.2) is 0 Å². The summed E-state index contributed by atoms with van der Waals surface area (Å²) in [4.78, 5) is 21.2. The van der Waals surface area contributed by atoms with Gasteiger partial charge >= 0.3 is 0 Å². The van der Waals surface area contributed by atoms with E-state index in [1.54, 1.807) is 6.20 Å². The fourth-order valence-electron chi connectivity index (χ4n) is 2.77. The van der Waals surface area contributed by atoms with Gasteiger partial charge in [0.15, 0.2) is 0 Å². The number of amides is 1. The lowest BCUT2D eigenvalue weighted by molar-refractivity contribution is 0.0637. The second-order valence-electron chi connectivity index (χ2n) is 5.76. The summed E-state index contributed by atoms with van der Waals surface area (Å²) in [5.74, 6) is 0.00142. The van der Waals surface area contributed by atoms with Crippen LogP contribution in [0.4, 0.5) is 11.4 Å². The van der Waals surface area contributed by atoms with Crippen molar-refractivity contribution in [2.75, 3.05) is 38.0 Å². The molecule has 6 heteroatoms. The van der Waals surface area contributed by atoms with E-state index < -0.39 is 0 Å². The van der Waals surface area contributed by atoms with Gasteiger partial charge in [-0.3, -0.25) is 9.78 Å². The number of para-hydroxylation sites is 1. The molecule has 0 unspecified atom stereocenters. The number of halogens is 1. The molecule has 1 N–H and O–H groups in total. The third-order valence-corrected chi connectivity index (χ3v) is 4.93. The minimum absolute atomic E-state index is 0.00142. The lowest BCUT2D eigenvalue weighted by Gasteiger charge is -2.33. The molecule has 1 aromatic heterocycles. The highest BCUT2D eigenvalue weighted by atomic mass is 79.9. The fourth-order valence-corrected chi connectivity index (χ4v) is 3.16. The van der Waals surface area contributed by atoms with Crippen molar-refractivity contribution in [3.05, 3.63) is 52.8 Å². The number of anilines is 2. The monoisotopic (exact) mass is 388 g/mol.